The molecule has 5 rings (SSSR count). The summed E-state index contributed by atoms with van der Waals surface area (Å²) in [5.41, 5.74) is 3.52. The molecular formula is C25H23ClN4O3. The molecule has 1 saturated heterocycles. The van der Waals surface area contributed by atoms with Crippen molar-refractivity contribution in [3.63, 3.8) is 0 Å². The minimum Gasteiger partial charge on any atom is -0.456 e. The highest BCUT2D eigenvalue weighted by Gasteiger charge is 2.23. The summed E-state index contributed by atoms with van der Waals surface area (Å²) < 4.78 is 8.00. The number of halogens is 1. The normalized spacial score (nSPS) is 13.8. The summed E-state index contributed by atoms with van der Waals surface area (Å²) in [5.74, 6) is 0.992. The van der Waals surface area contributed by atoms with Crippen LogP contribution in [0.15, 0.2) is 59.0 Å². The van der Waals surface area contributed by atoms with Crippen LogP contribution < -0.4 is 5.32 Å². The monoisotopic (exact) mass is 462 g/mol. The summed E-state index contributed by atoms with van der Waals surface area (Å²) in [7, 11) is 0. The van der Waals surface area contributed by atoms with Crippen LogP contribution in [0, 0.1) is 6.92 Å². The number of likely N-dealkylation sites (tertiary alicyclic amines) is 1. The molecule has 2 amide bonds. The summed E-state index contributed by atoms with van der Waals surface area (Å²) in [6.45, 7) is 3.03. The van der Waals surface area contributed by atoms with E-state index in [-0.39, 0.29) is 18.4 Å². The van der Waals surface area contributed by atoms with Crippen molar-refractivity contribution in [2.75, 3.05) is 18.4 Å². The lowest BCUT2D eigenvalue weighted by atomic mass is 10.1. The Morgan fingerprint density at radius 3 is 2.76 bits per heavy atom. The van der Waals surface area contributed by atoms with Gasteiger partial charge in [0.05, 0.1) is 13.1 Å². The Morgan fingerprint density at radius 2 is 2.00 bits per heavy atom. The lowest BCUT2D eigenvalue weighted by Crippen LogP contribution is -2.34. The predicted octanol–water partition coefficient (Wildman–Crippen LogP) is 4.87. The largest absolute Gasteiger partial charge is 0.456 e. The summed E-state index contributed by atoms with van der Waals surface area (Å²) in [5, 5.41) is 8.87. The third-order valence-electron chi connectivity index (χ3n) is 5.79. The number of nitrogens with zero attached hydrogens (tertiary/aromatic N) is 3. The standard InChI is InChI=1S/C25H23ClN4O3/c1-16-10-22(27-23(31)15-29-9-5-8-24(29)32)28-30(16)14-19-12-20(26)11-18-13-21(33-25(18)19)17-6-3-2-4-7-17/h2-4,6-7,10-13H,5,8-9,14-15H2,1H3,(H,27,28,31). The van der Waals surface area contributed by atoms with E-state index in [2.05, 4.69) is 10.4 Å². The van der Waals surface area contributed by atoms with E-state index in [1.807, 2.05) is 61.5 Å². The zero-order valence-corrected chi connectivity index (χ0v) is 18.9. The van der Waals surface area contributed by atoms with Gasteiger partial charge in [-0.2, -0.15) is 5.10 Å². The van der Waals surface area contributed by atoms with Crippen LogP contribution in [0.4, 0.5) is 5.82 Å². The van der Waals surface area contributed by atoms with Crippen molar-refractivity contribution >= 4 is 40.2 Å². The van der Waals surface area contributed by atoms with Gasteiger partial charge in [0, 0.05) is 46.3 Å². The first-order valence-electron chi connectivity index (χ1n) is 10.9. The van der Waals surface area contributed by atoms with Crippen molar-refractivity contribution in [2.24, 2.45) is 0 Å². The molecule has 4 aromatic rings. The first kappa shape index (κ1) is 21.3. The second-order valence-corrected chi connectivity index (χ2v) is 8.69. The van der Waals surface area contributed by atoms with Crippen LogP contribution in [-0.2, 0) is 16.1 Å². The van der Waals surface area contributed by atoms with Crippen molar-refractivity contribution in [3.8, 4) is 11.3 Å². The topological polar surface area (TPSA) is 80.4 Å². The van der Waals surface area contributed by atoms with Gasteiger partial charge < -0.3 is 14.6 Å². The van der Waals surface area contributed by atoms with E-state index < -0.39 is 0 Å². The van der Waals surface area contributed by atoms with Crippen LogP contribution in [0.5, 0.6) is 0 Å². The molecule has 1 aliphatic heterocycles. The van der Waals surface area contributed by atoms with E-state index in [9.17, 15) is 9.59 Å². The maximum atomic E-state index is 12.4. The average Bonchev–Trinajstić information content (AvgIpc) is 3.48. The Kier molecular flexibility index (Phi) is 5.64. The summed E-state index contributed by atoms with van der Waals surface area (Å²) >= 11 is 6.39. The fraction of sp³-hybridized carbons (Fsp3) is 0.240. The second-order valence-electron chi connectivity index (χ2n) is 8.26. The second kappa shape index (κ2) is 8.75. The Morgan fingerprint density at radius 1 is 1.18 bits per heavy atom. The van der Waals surface area contributed by atoms with Crippen molar-refractivity contribution < 1.29 is 14.0 Å². The number of anilines is 1. The number of aromatic nitrogens is 2. The van der Waals surface area contributed by atoms with Crippen LogP contribution in [0.2, 0.25) is 5.02 Å². The molecule has 1 N–H and O–H groups in total. The predicted molar refractivity (Wildman–Crippen MR) is 127 cm³/mol. The number of carbonyl (C=O) groups excluding carboxylic acids is 2. The lowest BCUT2D eigenvalue weighted by Gasteiger charge is -2.14. The number of fused-ring (bicyclic) bond motifs is 1. The average molecular weight is 463 g/mol. The summed E-state index contributed by atoms with van der Waals surface area (Å²) in [4.78, 5) is 25.7. The molecule has 1 fully saturated rings. The number of furan rings is 1. The van der Waals surface area contributed by atoms with Gasteiger partial charge in [-0.15, -0.1) is 0 Å². The van der Waals surface area contributed by atoms with E-state index in [0.717, 1.165) is 40.0 Å². The van der Waals surface area contributed by atoms with Gasteiger partial charge in [0.25, 0.3) is 0 Å². The smallest absolute Gasteiger partial charge is 0.245 e. The third-order valence-corrected chi connectivity index (χ3v) is 6.01. The highest BCUT2D eigenvalue weighted by atomic mass is 35.5. The van der Waals surface area contributed by atoms with Crippen molar-refractivity contribution in [2.45, 2.75) is 26.3 Å². The Balaban J connectivity index is 1.37. The molecule has 7 nitrogen and oxygen atoms in total. The van der Waals surface area contributed by atoms with E-state index in [0.29, 0.717) is 30.4 Å². The highest BCUT2D eigenvalue weighted by molar-refractivity contribution is 6.31. The minimum absolute atomic E-state index is 0.0187. The van der Waals surface area contributed by atoms with Crippen LogP contribution in [-0.4, -0.2) is 39.6 Å². The molecule has 168 valence electrons. The van der Waals surface area contributed by atoms with E-state index in [1.54, 1.807) is 9.58 Å². The highest BCUT2D eigenvalue weighted by Crippen LogP contribution is 2.32. The Hall–Kier alpha value is -3.58. The Bertz CT molecular complexity index is 1340. The molecule has 33 heavy (non-hydrogen) atoms. The number of amides is 2. The molecule has 8 heteroatoms. The van der Waals surface area contributed by atoms with Gasteiger partial charge in [0.2, 0.25) is 11.8 Å². The minimum atomic E-state index is -0.251. The molecule has 0 atom stereocenters. The van der Waals surface area contributed by atoms with Gasteiger partial charge in [-0.05, 0) is 31.5 Å². The van der Waals surface area contributed by atoms with Crippen LogP contribution in [0.25, 0.3) is 22.3 Å². The SMILES string of the molecule is Cc1cc(NC(=O)CN2CCCC2=O)nn1Cc1cc(Cl)cc2cc(-c3ccccc3)oc12. The third kappa shape index (κ3) is 4.50. The van der Waals surface area contributed by atoms with Crippen molar-refractivity contribution in [1.29, 1.82) is 0 Å². The van der Waals surface area contributed by atoms with Crippen molar-refractivity contribution in [3.05, 3.63) is 70.9 Å². The van der Waals surface area contributed by atoms with Gasteiger partial charge in [-0.1, -0.05) is 41.9 Å². The number of hydrogen-bond acceptors (Lipinski definition) is 4. The van der Waals surface area contributed by atoms with E-state index >= 15 is 0 Å². The number of hydrogen-bond donors (Lipinski definition) is 1. The van der Waals surface area contributed by atoms with Gasteiger partial charge >= 0.3 is 0 Å². The van der Waals surface area contributed by atoms with Crippen LogP contribution >= 0.6 is 11.6 Å². The molecule has 0 bridgehead atoms. The van der Waals surface area contributed by atoms with Gasteiger partial charge in [-0.3, -0.25) is 14.3 Å². The van der Waals surface area contributed by atoms with Gasteiger partial charge in [0.15, 0.2) is 5.82 Å². The molecule has 1 aliphatic rings. The van der Waals surface area contributed by atoms with E-state index in [4.69, 9.17) is 16.0 Å². The molecule has 2 aromatic heterocycles. The molecule has 0 unspecified atom stereocenters. The number of nitrogens with one attached hydrogen (secondary N) is 1. The lowest BCUT2D eigenvalue weighted by molar-refractivity contribution is -0.131. The van der Waals surface area contributed by atoms with E-state index in [1.165, 1.54) is 0 Å². The molecule has 0 radical (unpaired) electrons. The zero-order valence-electron chi connectivity index (χ0n) is 18.2. The molecule has 0 aliphatic carbocycles. The maximum absolute atomic E-state index is 12.4. The quantitative estimate of drug-likeness (QED) is 0.443. The van der Waals surface area contributed by atoms with Gasteiger partial charge in [-0.25, -0.2) is 0 Å². The Labute approximate surface area is 195 Å². The molecular weight excluding hydrogens is 440 g/mol. The van der Waals surface area contributed by atoms with Crippen LogP contribution in [0.3, 0.4) is 0 Å². The van der Waals surface area contributed by atoms with Gasteiger partial charge in [0.1, 0.15) is 11.3 Å². The molecule has 0 spiro atoms. The number of rotatable bonds is 6. The number of carbonyl (C=O) groups is 2. The zero-order chi connectivity index (χ0) is 22.9. The number of aryl methyl sites for hydroxylation is 1. The first-order valence-corrected chi connectivity index (χ1v) is 11.2. The summed E-state index contributed by atoms with van der Waals surface area (Å²) in [6.07, 6.45) is 1.31. The van der Waals surface area contributed by atoms with Crippen molar-refractivity contribution in [1.82, 2.24) is 14.7 Å². The van der Waals surface area contributed by atoms with Crippen LogP contribution in [0.1, 0.15) is 24.1 Å². The maximum Gasteiger partial charge on any atom is 0.245 e. The fourth-order valence-corrected chi connectivity index (χ4v) is 4.42. The number of benzene rings is 2. The summed E-state index contributed by atoms with van der Waals surface area (Å²) in [6, 6.07) is 17.5. The first-order chi connectivity index (χ1) is 16.0. The fourth-order valence-electron chi connectivity index (χ4n) is 4.17. The molecule has 2 aromatic carbocycles. The molecule has 0 saturated carbocycles. The molecule has 3 heterocycles.